The molecule has 0 saturated heterocycles. The molecule has 1 aromatic rings. The topological polar surface area (TPSA) is 33.1 Å². The van der Waals surface area contributed by atoms with Crippen molar-refractivity contribution in [3.05, 3.63) is 18.0 Å². The zero-order valence-electron chi connectivity index (χ0n) is 9.32. The van der Waals surface area contributed by atoms with Crippen molar-refractivity contribution in [3.63, 3.8) is 0 Å². The maximum absolute atomic E-state index is 4.29. The molecule has 14 heavy (non-hydrogen) atoms. The van der Waals surface area contributed by atoms with Gasteiger partial charge in [0.2, 0.25) is 0 Å². The summed E-state index contributed by atoms with van der Waals surface area (Å²) < 4.78 is 1.92. The molecular weight excluding hydrogens is 176 g/mol. The predicted octanol–water partition coefficient (Wildman–Crippen LogP) is 0.690. The van der Waals surface area contributed by atoms with Crippen LogP contribution in [0.15, 0.2) is 12.3 Å². The van der Waals surface area contributed by atoms with Crippen LogP contribution in [0.2, 0.25) is 0 Å². The molecule has 0 fully saturated rings. The molecule has 1 N–H and O–H groups in total. The first kappa shape index (κ1) is 11.2. The molecular formula is C10H20N4. The molecule has 0 spiro atoms. The number of rotatable bonds is 6. The van der Waals surface area contributed by atoms with E-state index in [4.69, 9.17) is 0 Å². The smallest absolute Gasteiger partial charge is 0.0903 e. The standard InChI is InChI=1S/C10H20N4/c1-10-5-8-14(12-10)9-11-6-4-7-13(2)3/h5,8,11H,4,6-7,9H2,1-3H3. The van der Waals surface area contributed by atoms with E-state index in [1.807, 2.05) is 23.9 Å². The van der Waals surface area contributed by atoms with E-state index >= 15 is 0 Å². The van der Waals surface area contributed by atoms with Gasteiger partial charge in [-0.25, -0.2) is 0 Å². The number of aromatic nitrogens is 2. The highest BCUT2D eigenvalue weighted by molar-refractivity contribution is 4.94. The van der Waals surface area contributed by atoms with Crippen molar-refractivity contribution < 1.29 is 0 Å². The van der Waals surface area contributed by atoms with Gasteiger partial charge in [-0.1, -0.05) is 0 Å². The third kappa shape index (κ3) is 4.39. The zero-order valence-corrected chi connectivity index (χ0v) is 9.32. The lowest BCUT2D eigenvalue weighted by molar-refractivity contribution is 0.386. The molecule has 0 aliphatic heterocycles. The first-order valence-electron chi connectivity index (χ1n) is 5.04. The summed E-state index contributed by atoms with van der Waals surface area (Å²) in [5.41, 5.74) is 1.07. The summed E-state index contributed by atoms with van der Waals surface area (Å²) in [5, 5.41) is 7.63. The Hall–Kier alpha value is -0.870. The lowest BCUT2D eigenvalue weighted by Gasteiger charge is -2.09. The summed E-state index contributed by atoms with van der Waals surface area (Å²) in [6, 6.07) is 2.02. The average Bonchev–Trinajstić information content (AvgIpc) is 2.50. The quantitative estimate of drug-likeness (QED) is 0.680. The minimum Gasteiger partial charge on any atom is -0.309 e. The number of hydrogen-bond acceptors (Lipinski definition) is 3. The van der Waals surface area contributed by atoms with Crippen LogP contribution in [0.25, 0.3) is 0 Å². The number of hydrogen-bond donors (Lipinski definition) is 1. The fourth-order valence-corrected chi connectivity index (χ4v) is 1.27. The molecule has 0 aliphatic carbocycles. The van der Waals surface area contributed by atoms with Gasteiger partial charge in [-0.3, -0.25) is 10.00 Å². The molecule has 1 rings (SSSR count). The van der Waals surface area contributed by atoms with Crippen molar-refractivity contribution in [2.75, 3.05) is 27.2 Å². The average molecular weight is 196 g/mol. The summed E-state index contributed by atoms with van der Waals surface area (Å²) in [6.07, 6.45) is 3.17. The number of nitrogens with zero attached hydrogens (tertiary/aromatic N) is 3. The second kappa shape index (κ2) is 5.78. The molecule has 1 heterocycles. The molecule has 1 aromatic heterocycles. The number of nitrogens with one attached hydrogen (secondary N) is 1. The van der Waals surface area contributed by atoms with Gasteiger partial charge in [0.25, 0.3) is 0 Å². The van der Waals surface area contributed by atoms with Gasteiger partial charge in [0.1, 0.15) is 0 Å². The Morgan fingerprint density at radius 2 is 2.29 bits per heavy atom. The van der Waals surface area contributed by atoms with E-state index < -0.39 is 0 Å². The normalized spacial score (nSPS) is 11.1. The summed E-state index contributed by atoms with van der Waals surface area (Å²) in [5.74, 6) is 0. The molecule has 0 saturated carbocycles. The zero-order chi connectivity index (χ0) is 10.4. The molecule has 0 aromatic carbocycles. The summed E-state index contributed by atoms with van der Waals surface area (Å²) in [6.45, 7) is 4.98. The van der Waals surface area contributed by atoms with Gasteiger partial charge in [0.15, 0.2) is 0 Å². The lowest BCUT2D eigenvalue weighted by Crippen LogP contribution is -2.23. The highest BCUT2D eigenvalue weighted by atomic mass is 15.3. The SMILES string of the molecule is Cc1ccn(CNCCCN(C)C)n1. The van der Waals surface area contributed by atoms with E-state index in [1.165, 1.54) is 6.42 Å². The van der Waals surface area contributed by atoms with Gasteiger partial charge in [0.05, 0.1) is 12.4 Å². The Labute approximate surface area is 85.9 Å². The van der Waals surface area contributed by atoms with Crippen molar-refractivity contribution >= 4 is 0 Å². The van der Waals surface area contributed by atoms with E-state index in [2.05, 4.69) is 29.4 Å². The number of aryl methyl sites for hydroxylation is 1. The largest absolute Gasteiger partial charge is 0.309 e. The molecule has 0 amide bonds. The van der Waals surface area contributed by atoms with E-state index in [9.17, 15) is 0 Å². The third-order valence-corrected chi connectivity index (χ3v) is 2.01. The second-order valence-corrected chi connectivity index (χ2v) is 3.81. The molecule has 0 atom stereocenters. The maximum atomic E-state index is 4.29. The van der Waals surface area contributed by atoms with Gasteiger partial charge in [-0.15, -0.1) is 0 Å². The highest BCUT2D eigenvalue weighted by Crippen LogP contribution is 1.90. The van der Waals surface area contributed by atoms with Crippen LogP contribution in [0, 0.1) is 6.92 Å². The van der Waals surface area contributed by atoms with E-state index in [0.717, 1.165) is 25.5 Å². The fraction of sp³-hybridized carbons (Fsp3) is 0.700. The second-order valence-electron chi connectivity index (χ2n) is 3.81. The van der Waals surface area contributed by atoms with Gasteiger partial charge >= 0.3 is 0 Å². The molecule has 0 unspecified atom stereocenters. The van der Waals surface area contributed by atoms with Crippen LogP contribution in [-0.2, 0) is 6.67 Å². The first-order chi connectivity index (χ1) is 6.68. The van der Waals surface area contributed by atoms with Gasteiger partial charge in [-0.2, -0.15) is 5.10 Å². The summed E-state index contributed by atoms with van der Waals surface area (Å²) >= 11 is 0. The Kier molecular flexibility index (Phi) is 4.62. The minimum atomic E-state index is 0.807. The van der Waals surface area contributed by atoms with Crippen molar-refractivity contribution in [1.82, 2.24) is 20.0 Å². The highest BCUT2D eigenvalue weighted by Gasteiger charge is 1.93. The molecule has 80 valence electrons. The fourth-order valence-electron chi connectivity index (χ4n) is 1.27. The lowest BCUT2D eigenvalue weighted by atomic mass is 10.4. The molecule has 4 heteroatoms. The molecule has 0 radical (unpaired) electrons. The molecule has 0 aliphatic rings. The first-order valence-corrected chi connectivity index (χ1v) is 5.04. The monoisotopic (exact) mass is 196 g/mol. The minimum absolute atomic E-state index is 0.807. The maximum Gasteiger partial charge on any atom is 0.0903 e. The summed E-state index contributed by atoms with van der Waals surface area (Å²) in [7, 11) is 4.19. The van der Waals surface area contributed by atoms with Gasteiger partial charge in [0, 0.05) is 6.20 Å². The van der Waals surface area contributed by atoms with Crippen LogP contribution in [0.3, 0.4) is 0 Å². The van der Waals surface area contributed by atoms with E-state index in [0.29, 0.717) is 0 Å². The Morgan fingerprint density at radius 3 is 2.86 bits per heavy atom. The van der Waals surface area contributed by atoms with Crippen LogP contribution < -0.4 is 5.32 Å². The van der Waals surface area contributed by atoms with Crippen LogP contribution >= 0.6 is 0 Å². The van der Waals surface area contributed by atoms with Crippen molar-refractivity contribution in [2.45, 2.75) is 20.0 Å². The Morgan fingerprint density at radius 1 is 1.50 bits per heavy atom. The molecule has 4 nitrogen and oxygen atoms in total. The third-order valence-electron chi connectivity index (χ3n) is 2.01. The van der Waals surface area contributed by atoms with Crippen LogP contribution in [-0.4, -0.2) is 41.9 Å². The van der Waals surface area contributed by atoms with Gasteiger partial charge in [-0.05, 0) is 46.6 Å². The predicted molar refractivity (Wildman–Crippen MR) is 58.1 cm³/mol. The van der Waals surface area contributed by atoms with E-state index in [-0.39, 0.29) is 0 Å². The van der Waals surface area contributed by atoms with Crippen molar-refractivity contribution in [3.8, 4) is 0 Å². The van der Waals surface area contributed by atoms with Crippen LogP contribution in [0.1, 0.15) is 12.1 Å². The van der Waals surface area contributed by atoms with Gasteiger partial charge < -0.3 is 4.90 Å². The van der Waals surface area contributed by atoms with E-state index in [1.54, 1.807) is 0 Å². The van der Waals surface area contributed by atoms with Crippen molar-refractivity contribution in [2.24, 2.45) is 0 Å². The summed E-state index contributed by atoms with van der Waals surface area (Å²) in [4.78, 5) is 2.19. The van der Waals surface area contributed by atoms with Crippen LogP contribution in [0.5, 0.6) is 0 Å². The van der Waals surface area contributed by atoms with Crippen LogP contribution in [0.4, 0.5) is 0 Å². The Balaban J connectivity index is 2.04. The molecule has 0 bridgehead atoms. The Bertz CT molecular complexity index is 254. The van der Waals surface area contributed by atoms with Crippen molar-refractivity contribution in [1.29, 1.82) is 0 Å².